The second-order valence-electron chi connectivity index (χ2n) is 8.99. The Bertz CT molecular complexity index is 1350. The molecule has 2 aromatic heterocycles. The monoisotopic (exact) mass is 613 g/mol. The van der Waals surface area contributed by atoms with E-state index in [0.29, 0.717) is 29.0 Å². The van der Waals surface area contributed by atoms with Crippen molar-refractivity contribution in [3.8, 4) is 10.7 Å². The van der Waals surface area contributed by atoms with Crippen molar-refractivity contribution in [3.05, 3.63) is 41.1 Å². The van der Waals surface area contributed by atoms with E-state index in [9.17, 15) is 18.0 Å². The molecule has 0 radical (unpaired) electrons. The van der Waals surface area contributed by atoms with Crippen LogP contribution in [0.1, 0.15) is 24.3 Å². The van der Waals surface area contributed by atoms with E-state index in [1.165, 1.54) is 24.7 Å². The van der Waals surface area contributed by atoms with E-state index in [0.717, 1.165) is 36.3 Å². The molecule has 3 heterocycles. The van der Waals surface area contributed by atoms with Crippen molar-refractivity contribution < 1.29 is 27.2 Å². The number of anilines is 1. The number of methoxy groups -OCH3 is 1. The molecule has 224 valence electrons. The average Bonchev–Trinajstić information content (AvgIpc) is 3.56. The summed E-state index contributed by atoms with van der Waals surface area (Å²) in [5.74, 6) is 0.623. The van der Waals surface area contributed by atoms with Gasteiger partial charge >= 0.3 is 6.18 Å². The van der Waals surface area contributed by atoms with Crippen LogP contribution in [0, 0.1) is 0 Å². The number of aliphatic imine (C=N–C) groups is 1. The van der Waals surface area contributed by atoms with E-state index in [2.05, 4.69) is 41.1 Å². The zero-order valence-corrected chi connectivity index (χ0v) is 24.9. The van der Waals surface area contributed by atoms with Crippen molar-refractivity contribution in [1.82, 2.24) is 19.8 Å². The van der Waals surface area contributed by atoms with Crippen LogP contribution >= 0.6 is 23.3 Å². The minimum atomic E-state index is -4.34. The highest BCUT2D eigenvalue weighted by atomic mass is 32.2. The van der Waals surface area contributed by atoms with Crippen LogP contribution in [0.25, 0.3) is 20.8 Å². The summed E-state index contributed by atoms with van der Waals surface area (Å²) in [6.45, 7) is 2.33. The van der Waals surface area contributed by atoms with Gasteiger partial charge in [0, 0.05) is 32.4 Å². The molecule has 0 atom stereocenters. The third kappa shape index (κ3) is 8.92. The number of allylic oxidation sites excluding steroid dienone is 1. The number of nitrogens with one attached hydrogen (secondary N) is 2. The zero-order chi connectivity index (χ0) is 30.0. The molecule has 10 nitrogen and oxygen atoms in total. The number of carbonyl (C=O) groups is 1. The van der Waals surface area contributed by atoms with E-state index in [-0.39, 0.29) is 28.9 Å². The molecule has 0 aliphatic carbocycles. The zero-order valence-electron chi connectivity index (χ0n) is 23.2. The van der Waals surface area contributed by atoms with E-state index < -0.39 is 12.6 Å². The van der Waals surface area contributed by atoms with Crippen molar-refractivity contribution >= 4 is 51.6 Å². The molecule has 0 saturated carbocycles. The number of hydrogen-bond donors (Lipinski definition) is 3. The van der Waals surface area contributed by atoms with Gasteiger partial charge in [-0.15, -0.1) is 11.3 Å². The van der Waals surface area contributed by atoms with Gasteiger partial charge in [0.25, 0.3) is 0 Å². The van der Waals surface area contributed by atoms with Gasteiger partial charge in [-0.1, -0.05) is 29.2 Å². The number of nitrogens with two attached hydrogens (primary N) is 1. The first-order chi connectivity index (χ1) is 19.6. The Balaban J connectivity index is 0.000000397. The molecule has 0 unspecified atom stereocenters. The Hall–Kier alpha value is -3.14. The number of aromatic nitrogens is 2. The predicted molar refractivity (Wildman–Crippen MR) is 158 cm³/mol. The summed E-state index contributed by atoms with van der Waals surface area (Å²) in [4.78, 5) is 18.5. The predicted octanol–water partition coefficient (Wildman–Crippen LogP) is 4.63. The molecule has 15 heteroatoms. The Morgan fingerprint density at radius 3 is 2.68 bits per heavy atom. The highest BCUT2D eigenvalue weighted by Crippen LogP contribution is 2.43. The number of fused-ring (bicyclic) bond motifs is 1. The Labute approximate surface area is 244 Å². The molecule has 0 amide bonds. The highest BCUT2D eigenvalue weighted by molar-refractivity contribution is 7.96. The van der Waals surface area contributed by atoms with Crippen LogP contribution in [0.2, 0.25) is 0 Å². The van der Waals surface area contributed by atoms with Crippen LogP contribution in [-0.4, -0.2) is 79.7 Å². The molecule has 1 fully saturated rings. The number of halogens is 3. The number of alkyl halides is 3. The van der Waals surface area contributed by atoms with Gasteiger partial charge in [-0.25, -0.2) is 0 Å². The second-order valence-corrected chi connectivity index (χ2v) is 10.9. The smallest absolute Gasteiger partial charge is 0.393 e. The maximum atomic E-state index is 13.4. The quantitative estimate of drug-likeness (QED) is 0.0978. The number of nitrogens with zero attached hydrogens (tertiary/aromatic N) is 4. The standard InChI is InChI=1S/C20H24F3N5OS2.C6H10N2O2/c1-24-11-16-26-19(27-29-16)18-14(10-20(21,22)23)13-4-3-5-15(17(13)31-18)25-12-6-8-28(30-2)9-7-12;1-8-3-5(4-9)6(7)10-2/h3-5,12,24-25H,6-11H2,1-2H3;3-4H,7H2,1-2H3/b;6-5-,8-3?. The number of carbonyl (C=O) groups excluding carboxylic acids is 1. The molecule has 1 aliphatic heterocycles. The summed E-state index contributed by atoms with van der Waals surface area (Å²) in [7, 11) is 4.68. The maximum Gasteiger partial charge on any atom is 0.393 e. The molecule has 41 heavy (non-hydrogen) atoms. The normalized spacial score (nSPS) is 15.5. The van der Waals surface area contributed by atoms with Gasteiger partial charge < -0.3 is 25.6 Å². The molecule has 1 aliphatic rings. The van der Waals surface area contributed by atoms with Gasteiger partial charge in [-0.2, -0.15) is 18.2 Å². The molecular weight excluding hydrogens is 579 g/mol. The van der Waals surface area contributed by atoms with Gasteiger partial charge in [-0.05, 0) is 43.2 Å². The fourth-order valence-corrected chi connectivity index (χ4v) is 6.02. The number of piperidine rings is 1. The average molecular weight is 614 g/mol. The minimum Gasteiger partial charge on any atom is -0.482 e. The van der Waals surface area contributed by atoms with Crippen LogP contribution < -0.4 is 16.4 Å². The maximum absolute atomic E-state index is 13.4. The molecule has 0 bridgehead atoms. The lowest BCUT2D eigenvalue weighted by molar-refractivity contribution is -0.126. The summed E-state index contributed by atoms with van der Waals surface area (Å²) in [5.41, 5.74) is 6.56. The lowest BCUT2D eigenvalue weighted by Gasteiger charge is -2.31. The number of rotatable bonds is 10. The van der Waals surface area contributed by atoms with Crippen LogP contribution in [0.3, 0.4) is 0 Å². The first-order valence-corrected chi connectivity index (χ1v) is 14.7. The van der Waals surface area contributed by atoms with Gasteiger partial charge in [0.05, 0.1) is 40.9 Å². The van der Waals surface area contributed by atoms with E-state index >= 15 is 0 Å². The number of benzene rings is 1. The molecule has 4 N–H and O–H groups in total. The van der Waals surface area contributed by atoms with Gasteiger partial charge in [0.1, 0.15) is 0 Å². The van der Waals surface area contributed by atoms with Gasteiger partial charge in [0.15, 0.2) is 12.2 Å². The van der Waals surface area contributed by atoms with Crippen LogP contribution in [0.4, 0.5) is 18.9 Å². The summed E-state index contributed by atoms with van der Waals surface area (Å²) in [6.07, 6.45) is 0.607. The number of thiophene rings is 1. The summed E-state index contributed by atoms with van der Waals surface area (Å²) >= 11 is 3.03. The van der Waals surface area contributed by atoms with Crippen molar-refractivity contribution in [3.63, 3.8) is 0 Å². The van der Waals surface area contributed by atoms with E-state index in [1.807, 2.05) is 6.07 Å². The van der Waals surface area contributed by atoms with Crippen LogP contribution in [-0.2, 0) is 22.5 Å². The van der Waals surface area contributed by atoms with Crippen LogP contribution in [0.5, 0.6) is 0 Å². The summed E-state index contributed by atoms with van der Waals surface area (Å²) < 4.78 is 53.2. The number of aldehydes is 1. The Morgan fingerprint density at radius 1 is 1.37 bits per heavy atom. The third-order valence-electron chi connectivity index (χ3n) is 6.17. The minimum absolute atomic E-state index is 0.0839. The van der Waals surface area contributed by atoms with Crippen molar-refractivity contribution in [2.24, 2.45) is 10.7 Å². The molecule has 3 aromatic rings. The summed E-state index contributed by atoms with van der Waals surface area (Å²) in [5, 5.41) is 11.0. The van der Waals surface area contributed by atoms with Gasteiger partial charge in [-0.3, -0.25) is 14.1 Å². The van der Waals surface area contributed by atoms with Crippen molar-refractivity contribution in [2.75, 3.05) is 45.9 Å². The Kier molecular flexibility index (Phi) is 12.0. The Morgan fingerprint density at radius 2 is 2.10 bits per heavy atom. The second kappa shape index (κ2) is 15.2. The van der Waals surface area contributed by atoms with E-state index in [1.54, 1.807) is 38.2 Å². The fraction of sp³-hybridized carbons (Fsp3) is 0.462. The largest absolute Gasteiger partial charge is 0.482 e. The first-order valence-electron chi connectivity index (χ1n) is 12.7. The molecule has 1 saturated heterocycles. The number of hydrogen-bond acceptors (Lipinski definition) is 12. The van der Waals surface area contributed by atoms with Crippen molar-refractivity contribution in [1.29, 1.82) is 0 Å². The number of ether oxygens (including phenoxy) is 1. The summed E-state index contributed by atoms with van der Waals surface area (Å²) in [6, 6.07) is 5.77. The molecule has 1 aromatic carbocycles. The van der Waals surface area contributed by atoms with Gasteiger partial charge in [0.2, 0.25) is 11.7 Å². The highest BCUT2D eigenvalue weighted by Gasteiger charge is 2.33. The molecular formula is C26H34F3N7O3S2. The van der Waals surface area contributed by atoms with E-state index in [4.69, 9.17) is 10.3 Å². The lowest BCUT2D eigenvalue weighted by Crippen LogP contribution is -2.35. The third-order valence-corrected chi connectivity index (χ3v) is 8.32. The first kappa shape index (κ1) is 32.4. The topological polar surface area (TPSA) is 131 Å². The molecule has 0 spiro atoms. The SMILES string of the molecule is CN=C/C(C=O)=C(\N)OC.CNCc1nc(-c2sc3c(NC4CCN(SC)CC4)cccc3c2CC(F)(F)F)no1. The van der Waals surface area contributed by atoms with Crippen molar-refractivity contribution in [2.45, 2.75) is 38.0 Å². The fourth-order valence-electron chi connectivity index (χ4n) is 4.22. The molecule has 4 rings (SSSR count). The lowest BCUT2D eigenvalue weighted by atomic mass is 10.0. The van der Waals surface area contributed by atoms with Crippen LogP contribution in [0.15, 0.2) is 39.2 Å².